The molecule has 0 heterocycles. The van der Waals surface area contributed by atoms with Crippen molar-refractivity contribution in [3.8, 4) is 0 Å². The first-order chi connectivity index (χ1) is 5.39. The lowest BCUT2D eigenvalue weighted by molar-refractivity contribution is -0.131. The van der Waals surface area contributed by atoms with E-state index in [0.717, 1.165) is 6.08 Å². The summed E-state index contributed by atoms with van der Waals surface area (Å²) >= 11 is 3.48. The largest absolute Gasteiger partial charge is 0.621 e. The molecule has 12 heavy (non-hydrogen) atoms. The van der Waals surface area contributed by atoms with Gasteiger partial charge in [0.2, 0.25) is 6.08 Å². The summed E-state index contributed by atoms with van der Waals surface area (Å²) in [4.78, 5) is 29.5. The maximum absolute atomic E-state index is 10.7. The number of isocyanates is 1. The fourth-order valence-electron chi connectivity index (χ4n) is 0.294. The van der Waals surface area contributed by atoms with Crippen molar-refractivity contribution in [1.82, 2.24) is 0 Å². The Labute approximate surface area is 75.1 Å². The van der Waals surface area contributed by atoms with Crippen molar-refractivity contribution >= 4 is 32.0 Å². The Kier molecular flexibility index (Phi) is 3.91. The highest BCUT2D eigenvalue weighted by Gasteiger charge is 2.35. The maximum Gasteiger partial charge on any atom is 0.621 e. The lowest BCUT2D eigenvalue weighted by Gasteiger charge is -2.10. The summed E-state index contributed by atoms with van der Waals surface area (Å²) in [5.74, 6) is -0.835. The van der Waals surface area contributed by atoms with Gasteiger partial charge in [0, 0.05) is 5.57 Å². The average Bonchev–Trinajstić information content (AvgIpc) is 1.85. The van der Waals surface area contributed by atoms with Gasteiger partial charge in [0.1, 0.15) is 0 Å². The first-order valence-electron chi connectivity index (χ1n) is 2.81. The monoisotopic (exact) mass is 205 g/mol. The molecule has 1 N–H and O–H groups in total. The Morgan fingerprint density at radius 2 is 2.33 bits per heavy atom. The molecule has 1 unspecified atom stereocenters. The number of hydrogen-bond acceptors (Lipinski definition) is 6. The third-order valence-corrected chi connectivity index (χ3v) is 2.19. The smallest absolute Gasteiger partial charge is 0.466 e. The second-order valence-corrected chi connectivity index (χ2v) is 5.27. The van der Waals surface area contributed by atoms with Crippen LogP contribution in [-0.4, -0.2) is 24.7 Å². The molecule has 0 aliphatic heterocycles. The Morgan fingerprint density at radius 3 is 2.67 bits per heavy atom. The summed E-state index contributed by atoms with van der Waals surface area (Å²) < 4.78 is 7.18. The zero-order valence-electron chi connectivity index (χ0n) is 6.27. The predicted molar refractivity (Wildman–Crippen MR) is 46.0 cm³/mol. The number of rotatable bonds is 3. The van der Waals surface area contributed by atoms with Gasteiger partial charge in [0.25, 0.3) is 0 Å². The van der Waals surface area contributed by atoms with Gasteiger partial charge in [-0.15, -0.1) is 12.1 Å². The van der Waals surface area contributed by atoms with Gasteiger partial charge >= 0.3 is 13.8 Å². The predicted octanol–water partition coefficient (Wildman–Crippen LogP) is -0.201. The number of nitrogens with zero attached hydrogens (tertiary/aromatic N) is 1. The molecule has 0 bridgehead atoms. The van der Waals surface area contributed by atoms with E-state index in [4.69, 9.17) is 4.80 Å². The van der Waals surface area contributed by atoms with Gasteiger partial charge in [-0.1, -0.05) is 6.58 Å². The van der Waals surface area contributed by atoms with E-state index >= 15 is 0 Å². The van der Waals surface area contributed by atoms with Crippen molar-refractivity contribution in [2.45, 2.75) is 6.92 Å². The van der Waals surface area contributed by atoms with Crippen molar-refractivity contribution < 1.29 is 18.8 Å². The molecule has 0 aliphatic rings. The van der Waals surface area contributed by atoms with Crippen LogP contribution in [0.15, 0.2) is 16.8 Å². The van der Waals surface area contributed by atoms with Crippen LogP contribution in [0.5, 0.6) is 0 Å². The quantitative estimate of drug-likeness (QED) is 0.220. The molecule has 0 rings (SSSR count). The van der Waals surface area contributed by atoms with Crippen LogP contribution in [0.4, 0.5) is 0 Å². The molecule has 0 saturated carbocycles. The van der Waals surface area contributed by atoms with Crippen molar-refractivity contribution in [1.29, 1.82) is 0 Å². The minimum Gasteiger partial charge on any atom is -0.466 e. The fraction of sp³-hybridized carbons (Fsp3) is 0.200. The lowest BCUT2D eigenvalue weighted by Crippen LogP contribution is -2.33. The summed E-state index contributed by atoms with van der Waals surface area (Å²) in [7, 11) is -3.84. The van der Waals surface area contributed by atoms with E-state index < -0.39 is 13.8 Å². The Balaban J connectivity index is 4.34. The molecule has 0 radical (unpaired) electrons. The summed E-state index contributed by atoms with van der Waals surface area (Å²) in [5, 5.41) is 0. The molecule has 5 nitrogen and oxygen atoms in total. The van der Waals surface area contributed by atoms with Crippen LogP contribution >= 0.6 is 12.1 Å². The van der Waals surface area contributed by atoms with E-state index in [9.17, 15) is 9.59 Å². The van der Waals surface area contributed by atoms with Crippen molar-refractivity contribution in [3.05, 3.63) is 12.2 Å². The van der Waals surface area contributed by atoms with Gasteiger partial charge in [-0.2, -0.15) is 4.66 Å². The molecule has 0 spiro atoms. The molecule has 0 aromatic heterocycles. The third-order valence-electron chi connectivity index (χ3n) is 0.769. The van der Waals surface area contributed by atoms with E-state index in [1.165, 1.54) is 6.92 Å². The zero-order valence-corrected chi connectivity index (χ0v) is 8.17. The number of carbonyl (C=O) groups is 1. The van der Waals surface area contributed by atoms with Crippen molar-refractivity contribution in [2.24, 2.45) is 4.66 Å². The molecule has 0 aliphatic carbocycles. The van der Waals surface area contributed by atoms with Crippen LogP contribution in [0, 0.1) is 0 Å². The standard InChI is InChI=1S/C5H7NO4SSi/c1-4(2)5(8)10-12(9,11)6-3-7/h9,11H,1H2,2H3. The molecular weight excluding hydrogens is 198 g/mol. The molecule has 0 amide bonds. The van der Waals surface area contributed by atoms with Crippen LogP contribution in [0.25, 0.3) is 0 Å². The highest BCUT2D eigenvalue weighted by Crippen LogP contribution is 2.09. The molecule has 66 valence electrons. The summed E-state index contributed by atoms with van der Waals surface area (Å²) in [6, 6.07) is 0. The maximum atomic E-state index is 10.7. The zero-order chi connectivity index (χ0) is 9.78. The van der Waals surface area contributed by atoms with Crippen LogP contribution < -0.4 is 0 Å². The van der Waals surface area contributed by atoms with Gasteiger partial charge in [-0.05, 0) is 6.92 Å². The Bertz CT molecular complexity index is 258. The summed E-state index contributed by atoms with van der Waals surface area (Å²) in [5.41, 5.74) is 0.0936. The minimum absolute atomic E-state index is 0.0936. The van der Waals surface area contributed by atoms with Gasteiger partial charge in [0.05, 0.1) is 0 Å². The second kappa shape index (κ2) is 4.22. The Hall–Kier alpha value is -0.883. The number of hydrogen-bond donors (Lipinski definition) is 2. The van der Waals surface area contributed by atoms with Gasteiger partial charge in [-0.3, -0.25) is 0 Å². The van der Waals surface area contributed by atoms with E-state index in [1.54, 1.807) is 0 Å². The Morgan fingerprint density at radius 1 is 1.83 bits per heavy atom. The number of thiol groups is 1. The molecule has 0 aromatic carbocycles. The molecule has 0 fully saturated rings. The molecule has 0 aromatic rings. The van der Waals surface area contributed by atoms with Crippen molar-refractivity contribution in [3.63, 3.8) is 0 Å². The van der Waals surface area contributed by atoms with Gasteiger partial charge < -0.3 is 9.22 Å². The van der Waals surface area contributed by atoms with Gasteiger partial charge in [-0.25, -0.2) is 9.59 Å². The van der Waals surface area contributed by atoms with E-state index in [1.807, 2.05) is 0 Å². The van der Waals surface area contributed by atoms with E-state index in [-0.39, 0.29) is 5.57 Å². The SMILES string of the molecule is C=C(C)C(=O)O[Si](O)(S)N=C=O. The van der Waals surface area contributed by atoms with Crippen LogP contribution in [-0.2, 0) is 14.0 Å². The minimum atomic E-state index is -3.84. The summed E-state index contributed by atoms with van der Waals surface area (Å²) in [6.07, 6.45) is 1.06. The topological polar surface area (TPSA) is 76.0 Å². The molecule has 7 heteroatoms. The van der Waals surface area contributed by atoms with Crippen LogP contribution in [0.2, 0.25) is 0 Å². The van der Waals surface area contributed by atoms with Crippen LogP contribution in [0.3, 0.4) is 0 Å². The first kappa shape index (κ1) is 11.1. The van der Waals surface area contributed by atoms with Crippen molar-refractivity contribution in [2.75, 3.05) is 0 Å². The second-order valence-electron chi connectivity index (χ2n) is 1.95. The highest BCUT2D eigenvalue weighted by atomic mass is 32.3. The summed E-state index contributed by atoms with van der Waals surface area (Å²) in [6.45, 7) is 4.66. The fourth-order valence-corrected chi connectivity index (χ4v) is 1.25. The van der Waals surface area contributed by atoms with E-state index in [2.05, 4.69) is 27.7 Å². The normalized spacial score (nSPS) is 13.9. The molecule has 0 saturated heterocycles. The highest BCUT2D eigenvalue weighted by molar-refractivity contribution is 8.12. The lowest BCUT2D eigenvalue weighted by atomic mass is 10.4. The van der Waals surface area contributed by atoms with Gasteiger partial charge in [0.15, 0.2) is 0 Å². The van der Waals surface area contributed by atoms with E-state index in [0.29, 0.717) is 0 Å². The average molecular weight is 205 g/mol. The molecular formula is C5H7NO4SSi. The molecule has 1 atom stereocenters. The third kappa shape index (κ3) is 4.09. The van der Waals surface area contributed by atoms with Crippen LogP contribution in [0.1, 0.15) is 6.92 Å². The number of carbonyl (C=O) groups excluding carboxylic acids is 2. The first-order valence-corrected chi connectivity index (χ1v) is 5.91.